The molecule has 1 amide bonds. The lowest BCUT2D eigenvalue weighted by molar-refractivity contribution is -0.121. The van der Waals surface area contributed by atoms with Crippen LogP contribution in [0.1, 0.15) is 18.9 Å². The topological polar surface area (TPSA) is 58.6 Å². The summed E-state index contributed by atoms with van der Waals surface area (Å²) < 4.78 is 31.2. The summed E-state index contributed by atoms with van der Waals surface area (Å²) in [6.45, 7) is 1.95. The highest BCUT2D eigenvalue weighted by Crippen LogP contribution is 2.12. The van der Waals surface area contributed by atoms with Crippen LogP contribution in [0.15, 0.2) is 18.2 Å². The van der Waals surface area contributed by atoms with Crippen molar-refractivity contribution in [1.82, 2.24) is 5.32 Å². The van der Waals surface area contributed by atoms with Crippen molar-refractivity contribution in [3.63, 3.8) is 0 Å². The Hall–Kier alpha value is -1.53. The standard InChI is InChI=1S/C14H19F2NO3/c1-14(19,6-7-20-2)9-17-12(18)8-10-4-3-5-11(15)13(10)16/h3-5,19H,6-9H2,1-2H3,(H,17,18). The van der Waals surface area contributed by atoms with Gasteiger partial charge in [0.1, 0.15) is 0 Å². The molecule has 0 radical (unpaired) electrons. The van der Waals surface area contributed by atoms with Crippen LogP contribution in [0.5, 0.6) is 0 Å². The molecule has 0 aromatic heterocycles. The average molecular weight is 287 g/mol. The van der Waals surface area contributed by atoms with Crippen LogP contribution >= 0.6 is 0 Å². The van der Waals surface area contributed by atoms with Crippen molar-refractivity contribution >= 4 is 5.91 Å². The Kier molecular flexibility index (Phi) is 6.04. The van der Waals surface area contributed by atoms with E-state index in [4.69, 9.17) is 4.74 Å². The second kappa shape index (κ2) is 7.31. The van der Waals surface area contributed by atoms with Crippen molar-refractivity contribution in [2.24, 2.45) is 0 Å². The van der Waals surface area contributed by atoms with Gasteiger partial charge in [0.2, 0.25) is 5.91 Å². The van der Waals surface area contributed by atoms with Gasteiger partial charge in [-0.05, 0) is 13.0 Å². The monoisotopic (exact) mass is 287 g/mol. The van der Waals surface area contributed by atoms with Crippen LogP contribution < -0.4 is 5.32 Å². The molecule has 1 unspecified atom stereocenters. The van der Waals surface area contributed by atoms with Crippen LogP contribution in [-0.2, 0) is 16.0 Å². The van der Waals surface area contributed by atoms with E-state index in [1.807, 2.05) is 0 Å². The summed E-state index contributed by atoms with van der Waals surface area (Å²) in [6, 6.07) is 3.68. The minimum Gasteiger partial charge on any atom is -0.388 e. The molecule has 1 aromatic carbocycles. The summed E-state index contributed by atoms with van der Waals surface area (Å²) in [6.07, 6.45) is 0.0854. The SMILES string of the molecule is COCCC(C)(O)CNC(=O)Cc1cccc(F)c1F. The van der Waals surface area contributed by atoms with E-state index in [9.17, 15) is 18.7 Å². The van der Waals surface area contributed by atoms with Crippen LogP contribution in [0.2, 0.25) is 0 Å². The Bertz CT molecular complexity index is 464. The zero-order chi connectivity index (χ0) is 15.2. The fraction of sp³-hybridized carbons (Fsp3) is 0.500. The van der Waals surface area contributed by atoms with Crippen molar-refractivity contribution in [2.45, 2.75) is 25.4 Å². The predicted octanol–water partition coefficient (Wildman–Crippen LogP) is 1.41. The lowest BCUT2D eigenvalue weighted by atomic mass is 10.0. The second-order valence-electron chi connectivity index (χ2n) is 4.91. The molecule has 0 aliphatic heterocycles. The first-order valence-corrected chi connectivity index (χ1v) is 6.26. The molecule has 0 aliphatic rings. The minimum absolute atomic E-state index is 0.0148. The molecule has 0 saturated carbocycles. The molecule has 2 N–H and O–H groups in total. The van der Waals surface area contributed by atoms with Gasteiger partial charge in [-0.15, -0.1) is 0 Å². The number of aliphatic hydroxyl groups is 1. The lowest BCUT2D eigenvalue weighted by Crippen LogP contribution is -2.41. The molecule has 0 spiro atoms. The van der Waals surface area contributed by atoms with Crippen LogP contribution in [-0.4, -0.2) is 36.9 Å². The normalized spacial score (nSPS) is 13.8. The van der Waals surface area contributed by atoms with E-state index in [1.54, 1.807) is 6.92 Å². The number of halogens is 2. The summed E-state index contributed by atoms with van der Waals surface area (Å²) in [5, 5.41) is 12.4. The molecule has 1 aromatic rings. The van der Waals surface area contributed by atoms with Crippen LogP contribution in [0.3, 0.4) is 0 Å². The molecule has 1 atom stereocenters. The van der Waals surface area contributed by atoms with E-state index in [-0.39, 0.29) is 18.5 Å². The Balaban J connectivity index is 2.50. The van der Waals surface area contributed by atoms with Gasteiger partial charge in [0, 0.05) is 32.2 Å². The third kappa shape index (κ3) is 5.22. The first-order chi connectivity index (χ1) is 9.35. The average Bonchev–Trinajstić information content (AvgIpc) is 2.40. The molecular formula is C14H19F2NO3. The summed E-state index contributed by atoms with van der Waals surface area (Å²) in [5.41, 5.74) is -1.12. The maximum atomic E-state index is 13.4. The van der Waals surface area contributed by atoms with E-state index in [2.05, 4.69) is 5.32 Å². The molecule has 0 fully saturated rings. The van der Waals surface area contributed by atoms with Gasteiger partial charge in [0.25, 0.3) is 0 Å². The third-order valence-electron chi connectivity index (χ3n) is 2.89. The maximum Gasteiger partial charge on any atom is 0.224 e. The minimum atomic E-state index is -1.11. The highest BCUT2D eigenvalue weighted by molar-refractivity contribution is 5.78. The number of carbonyl (C=O) groups excluding carboxylic acids is 1. The number of carbonyl (C=O) groups is 1. The first-order valence-electron chi connectivity index (χ1n) is 6.26. The van der Waals surface area contributed by atoms with Gasteiger partial charge in [-0.1, -0.05) is 12.1 Å². The zero-order valence-electron chi connectivity index (χ0n) is 11.6. The van der Waals surface area contributed by atoms with Crippen LogP contribution in [0, 0.1) is 11.6 Å². The predicted molar refractivity (Wildman–Crippen MR) is 70.2 cm³/mol. The summed E-state index contributed by atoms with van der Waals surface area (Å²) in [4.78, 5) is 11.7. The van der Waals surface area contributed by atoms with Gasteiger partial charge >= 0.3 is 0 Å². The first kappa shape index (κ1) is 16.5. The van der Waals surface area contributed by atoms with E-state index >= 15 is 0 Å². The number of nitrogens with one attached hydrogen (secondary N) is 1. The van der Waals surface area contributed by atoms with Gasteiger partial charge < -0.3 is 15.2 Å². The number of rotatable bonds is 7. The number of hydrogen-bond donors (Lipinski definition) is 2. The van der Waals surface area contributed by atoms with E-state index in [0.29, 0.717) is 13.0 Å². The van der Waals surface area contributed by atoms with Crippen molar-refractivity contribution < 1.29 is 23.4 Å². The van der Waals surface area contributed by atoms with Crippen molar-refractivity contribution in [3.8, 4) is 0 Å². The van der Waals surface area contributed by atoms with E-state index < -0.39 is 23.1 Å². The van der Waals surface area contributed by atoms with Gasteiger partial charge in [-0.2, -0.15) is 0 Å². The molecule has 0 saturated heterocycles. The Labute approximate surface area is 116 Å². The largest absolute Gasteiger partial charge is 0.388 e. The highest BCUT2D eigenvalue weighted by Gasteiger charge is 2.21. The Morgan fingerprint density at radius 3 is 2.80 bits per heavy atom. The number of benzene rings is 1. The number of methoxy groups -OCH3 is 1. The third-order valence-corrected chi connectivity index (χ3v) is 2.89. The molecule has 0 heterocycles. The Morgan fingerprint density at radius 2 is 2.15 bits per heavy atom. The highest BCUT2D eigenvalue weighted by atomic mass is 19.2. The van der Waals surface area contributed by atoms with Crippen LogP contribution in [0.4, 0.5) is 8.78 Å². The fourth-order valence-electron chi connectivity index (χ4n) is 1.62. The number of hydrogen-bond acceptors (Lipinski definition) is 3. The summed E-state index contributed by atoms with van der Waals surface area (Å²) >= 11 is 0. The summed E-state index contributed by atoms with van der Waals surface area (Å²) in [5.74, 6) is -2.48. The Morgan fingerprint density at radius 1 is 1.45 bits per heavy atom. The smallest absolute Gasteiger partial charge is 0.224 e. The molecule has 1 rings (SSSR count). The van der Waals surface area contributed by atoms with E-state index in [1.165, 1.54) is 19.2 Å². The second-order valence-corrected chi connectivity index (χ2v) is 4.91. The molecule has 4 nitrogen and oxygen atoms in total. The van der Waals surface area contributed by atoms with Crippen molar-refractivity contribution in [1.29, 1.82) is 0 Å². The molecule has 112 valence electrons. The van der Waals surface area contributed by atoms with Gasteiger partial charge in [-0.3, -0.25) is 4.79 Å². The van der Waals surface area contributed by atoms with Gasteiger partial charge in [-0.25, -0.2) is 8.78 Å². The van der Waals surface area contributed by atoms with Crippen LogP contribution in [0.25, 0.3) is 0 Å². The molecular weight excluding hydrogens is 268 g/mol. The molecule has 6 heteroatoms. The number of ether oxygens (including phenoxy) is 1. The van der Waals surface area contributed by atoms with Crippen molar-refractivity contribution in [3.05, 3.63) is 35.4 Å². The quantitative estimate of drug-likeness (QED) is 0.797. The molecule has 0 bridgehead atoms. The van der Waals surface area contributed by atoms with Gasteiger partial charge in [0.15, 0.2) is 11.6 Å². The lowest BCUT2D eigenvalue weighted by Gasteiger charge is -2.23. The van der Waals surface area contributed by atoms with Gasteiger partial charge in [0.05, 0.1) is 12.0 Å². The molecule has 0 aliphatic carbocycles. The van der Waals surface area contributed by atoms with E-state index in [0.717, 1.165) is 6.07 Å². The molecule has 20 heavy (non-hydrogen) atoms. The number of amides is 1. The zero-order valence-corrected chi connectivity index (χ0v) is 11.6. The van der Waals surface area contributed by atoms with Crippen molar-refractivity contribution in [2.75, 3.05) is 20.3 Å². The fourth-order valence-corrected chi connectivity index (χ4v) is 1.62. The maximum absolute atomic E-state index is 13.4. The summed E-state index contributed by atoms with van der Waals surface area (Å²) in [7, 11) is 1.52.